The second kappa shape index (κ2) is 10.6. The third-order valence-corrected chi connectivity index (χ3v) is 6.22. The number of nitrogens with zero attached hydrogens (tertiary/aromatic N) is 3. The van der Waals surface area contributed by atoms with Crippen LogP contribution < -0.4 is 4.74 Å². The van der Waals surface area contributed by atoms with Gasteiger partial charge in [-0.3, -0.25) is 0 Å². The van der Waals surface area contributed by atoms with Crippen molar-refractivity contribution in [1.29, 1.82) is 0 Å². The number of rotatable bonds is 7. The fraction of sp³-hybridized carbons (Fsp3) is 0.320. The van der Waals surface area contributed by atoms with Gasteiger partial charge in [-0.2, -0.15) is 18.6 Å². The highest BCUT2D eigenvalue weighted by molar-refractivity contribution is 7.59. The Morgan fingerprint density at radius 3 is 2.61 bits per heavy atom. The SMILES string of the molecule is CC#C[C@@H](CC1=NN=NC1)c1ccc(OCc2ccc3scc(C(C)C)c3c2)cc1.S. The monoisotopic (exact) mass is 449 g/mol. The van der Waals surface area contributed by atoms with Crippen LogP contribution in [-0.4, -0.2) is 12.3 Å². The topological polar surface area (TPSA) is 46.3 Å². The average molecular weight is 450 g/mol. The molecule has 160 valence electrons. The first-order chi connectivity index (χ1) is 14.6. The molecule has 4 nitrogen and oxygen atoms in total. The molecule has 1 aliphatic heterocycles. The Kier molecular flexibility index (Phi) is 7.89. The molecular weight excluding hydrogens is 422 g/mol. The van der Waals surface area contributed by atoms with Crippen LogP contribution in [0.3, 0.4) is 0 Å². The van der Waals surface area contributed by atoms with E-state index >= 15 is 0 Å². The van der Waals surface area contributed by atoms with E-state index in [1.165, 1.54) is 21.2 Å². The zero-order valence-electron chi connectivity index (χ0n) is 18.1. The van der Waals surface area contributed by atoms with E-state index < -0.39 is 0 Å². The summed E-state index contributed by atoms with van der Waals surface area (Å²) in [4.78, 5) is 0. The molecule has 0 spiro atoms. The Morgan fingerprint density at radius 2 is 1.94 bits per heavy atom. The summed E-state index contributed by atoms with van der Waals surface area (Å²) in [6.07, 6.45) is 0.757. The number of hydrogen-bond acceptors (Lipinski definition) is 5. The summed E-state index contributed by atoms with van der Waals surface area (Å²) >= 11 is 1.81. The molecule has 1 aliphatic rings. The van der Waals surface area contributed by atoms with Crippen molar-refractivity contribution in [3.63, 3.8) is 0 Å². The van der Waals surface area contributed by atoms with Gasteiger partial charge in [-0.05, 0) is 69.8 Å². The molecule has 1 aromatic heterocycles. The molecule has 0 bridgehead atoms. The summed E-state index contributed by atoms with van der Waals surface area (Å²) < 4.78 is 7.40. The maximum atomic E-state index is 6.06. The van der Waals surface area contributed by atoms with Crippen molar-refractivity contribution in [2.45, 2.75) is 45.6 Å². The fourth-order valence-corrected chi connectivity index (χ4v) is 4.71. The van der Waals surface area contributed by atoms with Crippen LogP contribution in [0.1, 0.15) is 55.7 Å². The van der Waals surface area contributed by atoms with Crippen LogP contribution in [0.4, 0.5) is 0 Å². The highest BCUT2D eigenvalue weighted by Gasteiger charge is 2.15. The molecule has 2 heterocycles. The Hall–Kier alpha value is -2.62. The Bertz CT molecular complexity index is 1150. The molecule has 4 rings (SSSR count). The van der Waals surface area contributed by atoms with Gasteiger partial charge in [0.05, 0.1) is 11.6 Å². The Balaban J connectivity index is 0.00000272. The van der Waals surface area contributed by atoms with Gasteiger partial charge in [0.15, 0.2) is 0 Å². The molecule has 0 fully saturated rings. The van der Waals surface area contributed by atoms with Gasteiger partial charge in [-0.1, -0.05) is 38.0 Å². The van der Waals surface area contributed by atoms with Crippen LogP contribution in [0.15, 0.2) is 63.3 Å². The van der Waals surface area contributed by atoms with Crippen molar-refractivity contribution < 1.29 is 4.74 Å². The van der Waals surface area contributed by atoms with E-state index in [4.69, 9.17) is 4.74 Å². The molecule has 0 unspecified atom stereocenters. The van der Waals surface area contributed by atoms with E-state index in [9.17, 15) is 0 Å². The second-order valence-electron chi connectivity index (χ2n) is 7.74. The minimum absolute atomic E-state index is 0. The van der Waals surface area contributed by atoms with Gasteiger partial charge in [0, 0.05) is 11.1 Å². The van der Waals surface area contributed by atoms with Crippen LogP contribution in [-0.2, 0) is 6.61 Å². The lowest BCUT2D eigenvalue weighted by molar-refractivity contribution is 0.306. The van der Waals surface area contributed by atoms with Crippen molar-refractivity contribution in [3.8, 4) is 17.6 Å². The van der Waals surface area contributed by atoms with E-state index in [0.717, 1.165) is 23.4 Å². The van der Waals surface area contributed by atoms with Crippen LogP contribution >= 0.6 is 24.8 Å². The highest BCUT2D eigenvalue weighted by Crippen LogP contribution is 2.32. The van der Waals surface area contributed by atoms with Crippen LogP contribution in [0, 0.1) is 11.8 Å². The lowest BCUT2D eigenvalue weighted by Gasteiger charge is -2.12. The molecule has 1 atom stereocenters. The number of benzene rings is 2. The third kappa shape index (κ3) is 5.55. The molecular formula is C25H27N3OS2. The average Bonchev–Trinajstić information content (AvgIpc) is 3.42. The quantitative estimate of drug-likeness (QED) is 0.357. The molecule has 0 N–H and O–H groups in total. The molecule has 6 heteroatoms. The van der Waals surface area contributed by atoms with Crippen molar-refractivity contribution in [2.75, 3.05) is 6.54 Å². The van der Waals surface area contributed by atoms with Crippen molar-refractivity contribution in [2.24, 2.45) is 15.4 Å². The lowest BCUT2D eigenvalue weighted by atomic mass is 9.94. The summed E-state index contributed by atoms with van der Waals surface area (Å²) in [5, 5.41) is 15.3. The van der Waals surface area contributed by atoms with Gasteiger partial charge in [0.2, 0.25) is 0 Å². The standard InChI is InChI=1S/C25H25N3OS.H2S/c1-4-5-20(13-21-14-26-28-27-21)19-7-9-22(10-8-19)29-15-18-6-11-25-23(12-18)24(16-30-25)17(2)3;/h6-12,16-17,20H,13-15H2,1-3H3;1H2/t20-;/m0./s1. The van der Waals surface area contributed by atoms with Crippen molar-refractivity contribution in [3.05, 3.63) is 64.5 Å². The molecule has 3 aromatic rings. The summed E-state index contributed by atoms with van der Waals surface area (Å²) in [6, 6.07) is 14.8. The molecule has 0 amide bonds. The van der Waals surface area contributed by atoms with Gasteiger partial charge < -0.3 is 4.74 Å². The van der Waals surface area contributed by atoms with Crippen molar-refractivity contribution in [1.82, 2.24) is 0 Å². The fourth-order valence-electron chi connectivity index (χ4n) is 3.60. The summed E-state index contributed by atoms with van der Waals surface area (Å²) in [5.41, 5.74) is 4.74. The molecule has 2 aromatic carbocycles. The maximum Gasteiger partial charge on any atom is 0.119 e. The van der Waals surface area contributed by atoms with E-state index in [-0.39, 0.29) is 19.4 Å². The molecule has 0 saturated carbocycles. The first-order valence-electron chi connectivity index (χ1n) is 10.2. The van der Waals surface area contributed by atoms with Gasteiger partial charge >= 0.3 is 0 Å². The molecule has 0 aliphatic carbocycles. The molecule has 0 radical (unpaired) electrons. The molecule has 31 heavy (non-hydrogen) atoms. The van der Waals surface area contributed by atoms with Crippen molar-refractivity contribution >= 4 is 40.6 Å². The number of hydrogen-bond donors (Lipinski definition) is 0. The summed E-state index contributed by atoms with van der Waals surface area (Å²) in [7, 11) is 0. The van der Waals surface area contributed by atoms with Gasteiger partial charge in [-0.15, -0.1) is 22.4 Å². The maximum absolute atomic E-state index is 6.06. The Morgan fingerprint density at radius 1 is 1.13 bits per heavy atom. The zero-order chi connectivity index (χ0) is 20.9. The first kappa shape index (κ1) is 23.1. The van der Waals surface area contributed by atoms with Gasteiger partial charge in [0.25, 0.3) is 0 Å². The molecule has 0 saturated heterocycles. The van der Waals surface area contributed by atoms with Gasteiger partial charge in [-0.25, -0.2) is 0 Å². The summed E-state index contributed by atoms with van der Waals surface area (Å²) in [6.45, 7) is 7.48. The van der Waals surface area contributed by atoms with Crippen LogP contribution in [0.2, 0.25) is 0 Å². The summed E-state index contributed by atoms with van der Waals surface area (Å²) in [5.74, 6) is 7.79. The van der Waals surface area contributed by atoms with E-state index in [1.54, 1.807) is 0 Å². The van der Waals surface area contributed by atoms with Crippen LogP contribution in [0.5, 0.6) is 5.75 Å². The number of thiophene rings is 1. The second-order valence-corrected chi connectivity index (χ2v) is 8.65. The Labute approximate surface area is 194 Å². The predicted octanol–water partition coefficient (Wildman–Crippen LogP) is 7.04. The van der Waals surface area contributed by atoms with Crippen LogP contribution in [0.25, 0.3) is 10.1 Å². The van der Waals surface area contributed by atoms with E-state index in [0.29, 0.717) is 19.1 Å². The van der Waals surface area contributed by atoms with E-state index in [2.05, 4.69) is 76.8 Å². The normalized spacial score (nSPS) is 13.5. The lowest BCUT2D eigenvalue weighted by Crippen LogP contribution is -2.07. The first-order valence-corrected chi connectivity index (χ1v) is 11.1. The third-order valence-electron chi connectivity index (χ3n) is 5.24. The van der Waals surface area contributed by atoms with E-state index in [1.807, 2.05) is 30.4 Å². The number of ether oxygens (including phenoxy) is 1. The number of fused-ring (bicyclic) bond motifs is 1. The zero-order valence-corrected chi connectivity index (χ0v) is 19.9. The largest absolute Gasteiger partial charge is 0.489 e. The highest BCUT2D eigenvalue weighted by atomic mass is 32.1. The van der Waals surface area contributed by atoms with Gasteiger partial charge in [0.1, 0.15) is 18.9 Å². The minimum atomic E-state index is 0. The predicted molar refractivity (Wildman–Crippen MR) is 135 cm³/mol. The minimum Gasteiger partial charge on any atom is -0.489 e. The smallest absolute Gasteiger partial charge is 0.119 e.